The fraction of sp³-hybridized carbons (Fsp3) is 0. The summed E-state index contributed by atoms with van der Waals surface area (Å²) in [6.07, 6.45) is 3.32. The first-order valence-corrected chi connectivity index (χ1v) is 5.00. The molecule has 0 spiro atoms. The molecule has 0 radical (unpaired) electrons. The molecule has 1 aromatic carbocycles. The Morgan fingerprint density at radius 3 is 2.86 bits per heavy atom. The third-order valence-corrected chi connectivity index (χ3v) is 2.51. The maximum atomic E-state index is 13.1. The summed E-state index contributed by atoms with van der Waals surface area (Å²) in [5.74, 6) is -0.448. The van der Waals surface area contributed by atoms with Gasteiger partial charge in [-0.15, -0.1) is 0 Å². The van der Waals surface area contributed by atoms with Gasteiger partial charge in [0.15, 0.2) is 0 Å². The lowest BCUT2D eigenvalue weighted by atomic mass is 10.3. The number of halogens is 3. The average Bonchev–Trinajstić information content (AvgIpc) is 2.57. The molecule has 0 amide bonds. The Labute approximate surface area is 93.4 Å². The lowest BCUT2D eigenvalue weighted by Crippen LogP contribution is -1.96. The third-order valence-electron chi connectivity index (χ3n) is 1.73. The largest absolute Gasteiger partial charge is 0.238 e. The Morgan fingerprint density at radius 2 is 2.21 bits per heavy atom. The number of aromatic nitrogens is 2. The van der Waals surface area contributed by atoms with Gasteiger partial charge < -0.3 is 0 Å². The Kier molecular flexibility index (Phi) is 2.56. The molecule has 2 aromatic rings. The molecule has 14 heavy (non-hydrogen) atoms. The molecule has 1 heterocycles. The van der Waals surface area contributed by atoms with Gasteiger partial charge in [0.2, 0.25) is 0 Å². The first-order valence-electron chi connectivity index (χ1n) is 3.83. The van der Waals surface area contributed by atoms with Gasteiger partial charge in [-0.3, -0.25) is 0 Å². The van der Waals surface area contributed by atoms with E-state index in [-0.39, 0.29) is 5.02 Å². The highest BCUT2D eigenvalue weighted by Crippen LogP contribution is 2.23. The van der Waals surface area contributed by atoms with Gasteiger partial charge in [0.05, 0.1) is 16.4 Å². The van der Waals surface area contributed by atoms with Gasteiger partial charge in [-0.1, -0.05) is 17.7 Å². The lowest BCUT2D eigenvalue weighted by Gasteiger charge is -2.03. The van der Waals surface area contributed by atoms with Crippen molar-refractivity contribution in [3.05, 3.63) is 45.9 Å². The van der Waals surface area contributed by atoms with Gasteiger partial charge in [-0.05, 0) is 28.1 Å². The molecule has 0 aliphatic carbocycles. The number of hydrogen-bond donors (Lipinski definition) is 0. The Morgan fingerprint density at radius 1 is 1.43 bits per heavy atom. The molecule has 2 nitrogen and oxygen atoms in total. The van der Waals surface area contributed by atoms with E-state index in [0.717, 1.165) is 4.47 Å². The maximum Gasteiger partial charge on any atom is 0.143 e. The molecule has 0 saturated carbocycles. The second-order valence-electron chi connectivity index (χ2n) is 2.68. The van der Waals surface area contributed by atoms with E-state index in [0.29, 0.717) is 5.69 Å². The maximum absolute atomic E-state index is 13.1. The van der Waals surface area contributed by atoms with E-state index in [2.05, 4.69) is 21.0 Å². The van der Waals surface area contributed by atoms with Crippen LogP contribution in [0.4, 0.5) is 4.39 Å². The van der Waals surface area contributed by atoms with E-state index in [1.54, 1.807) is 24.5 Å². The zero-order chi connectivity index (χ0) is 10.1. The van der Waals surface area contributed by atoms with Crippen molar-refractivity contribution in [1.82, 2.24) is 9.78 Å². The summed E-state index contributed by atoms with van der Waals surface area (Å²) in [4.78, 5) is 0. The van der Waals surface area contributed by atoms with Gasteiger partial charge in [0.25, 0.3) is 0 Å². The molecule has 0 aliphatic heterocycles. The van der Waals surface area contributed by atoms with E-state index < -0.39 is 5.82 Å². The summed E-state index contributed by atoms with van der Waals surface area (Å²) in [5.41, 5.74) is 0.525. The van der Waals surface area contributed by atoms with Gasteiger partial charge in [-0.2, -0.15) is 5.10 Å². The van der Waals surface area contributed by atoms with Crippen molar-refractivity contribution < 1.29 is 4.39 Å². The van der Waals surface area contributed by atoms with E-state index in [4.69, 9.17) is 11.6 Å². The van der Waals surface area contributed by atoms with Crippen LogP contribution in [-0.4, -0.2) is 9.78 Å². The topological polar surface area (TPSA) is 17.8 Å². The molecule has 0 unspecified atom stereocenters. The highest BCUT2D eigenvalue weighted by molar-refractivity contribution is 9.10. The molecule has 1 aromatic heterocycles. The Hall–Kier alpha value is -0.870. The van der Waals surface area contributed by atoms with E-state index >= 15 is 0 Å². The van der Waals surface area contributed by atoms with Gasteiger partial charge >= 0.3 is 0 Å². The smallest absolute Gasteiger partial charge is 0.143 e. The minimum absolute atomic E-state index is 0.0723. The first kappa shape index (κ1) is 9.68. The molecule has 2 rings (SSSR count). The molecule has 0 N–H and O–H groups in total. The molecule has 5 heteroatoms. The van der Waals surface area contributed by atoms with Gasteiger partial charge in [0, 0.05) is 6.20 Å². The van der Waals surface area contributed by atoms with Crippen LogP contribution in [0.2, 0.25) is 5.02 Å². The van der Waals surface area contributed by atoms with Crippen molar-refractivity contribution in [2.75, 3.05) is 0 Å². The Bertz CT molecular complexity index is 470. The third kappa shape index (κ3) is 1.67. The SMILES string of the molecule is Fc1cccc(-n2cc(Br)cn2)c1Cl. The van der Waals surface area contributed by atoms with Crippen molar-refractivity contribution in [1.29, 1.82) is 0 Å². The minimum atomic E-state index is -0.448. The summed E-state index contributed by atoms with van der Waals surface area (Å²) in [6, 6.07) is 4.60. The standard InChI is InChI=1S/C9H5BrClFN2/c10-6-4-13-14(5-6)8-3-1-2-7(12)9(8)11/h1-5H. The van der Waals surface area contributed by atoms with Crippen LogP contribution in [0, 0.1) is 5.82 Å². The zero-order valence-electron chi connectivity index (χ0n) is 6.92. The number of hydrogen-bond acceptors (Lipinski definition) is 1. The fourth-order valence-electron chi connectivity index (χ4n) is 1.10. The molecular formula is C9H5BrClFN2. The van der Waals surface area contributed by atoms with Crippen LogP contribution >= 0.6 is 27.5 Å². The van der Waals surface area contributed by atoms with Crippen LogP contribution in [0.1, 0.15) is 0 Å². The van der Waals surface area contributed by atoms with Crippen LogP contribution in [0.15, 0.2) is 35.1 Å². The number of rotatable bonds is 1. The first-order chi connectivity index (χ1) is 6.68. The van der Waals surface area contributed by atoms with E-state index in [9.17, 15) is 4.39 Å². The van der Waals surface area contributed by atoms with E-state index in [1.165, 1.54) is 10.7 Å². The molecule has 0 fully saturated rings. The van der Waals surface area contributed by atoms with Gasteiger partial charge in [0.1, 0.15) is 10.8 Å². The molecule has 72 valence electrons. The summed E-state index contributed by atoms with van der Waals surface area (Å²) in [5, 5.41) is 4.08. The van der Waals surface area contributed by atoms with Crippen LogP contribution in [0.25, 0.3) is 5.69 Å². The van der Waals surface area contributed by atoms with Crippen LogP contribution in [-0.2, 0) is 0 Å². The monoisotopic (exact) mass is 274 g/mol. The predicted molar refractivity (Wildman–Crippen MR) is 56.2 cm³/mol. The quantitative estimate of drug-likeness (QED) is 0.780. The zero-order valence-corrected chi connectivity index (χ0v) is 9.26. The average molecular weight is 276 g/mol. The molecule has 0 atom stereocenters. The van der Waals surface area contributed by atoms with Gasteiger partial charge in [-0.25, -0.2) is 9.07 Å². The van der Waals surface area contributed by atoms with Crippen LogP contribution in [0.3, 0.4) is 0 Å². The number of nitrogens with zero attached hydrogens (tertiary/aromatic N) is 2. The van der Waals surface area contributed by atoms with Crippen molar-refractivity contribution in [3.63, 3.8) is 0 Å². The molecule has 0 bridgehead atoms. The minimum Gasteiger partial charge on any atom is -0.238 e. The summed E-state index contributed by atoms with van der Waals surface area (Å²) in [6.45, 7) is 0. The normalized spacial score (nSPS) is 10.5. The summed E-state index contributed by atoms with van der Waals surface area (Å²) < 4.78 is 15.4. The molecular weight excluding hydrogens is 270 g/mol. The van der Waals surface area contributed by atoms with Crippen molar-refractivity contribution in [3.8, 4) is 5.69 Å². The van der Waals surface area contributed by atoms with Crippen LogP contribution < -0.4 is 0 Å². The summed E-state index contributed by atoms with van der Waals surface area (Å²) >= 11 is 9.04. The molecule has 0 aliphatic rings. The van der Waals surface area contributed by atoms with Crippen molar-refractivity contribution >= 4 is 27.5 Å². The van der Waals surface area contributed by atoms with E-state index in [1.807, 2.05) is 0 Å². The lowest BCUT2D eigenvalue weighted by molar-refractivity contribution is 0.626. The van der Waals surface area contributed by atoms with Crippen molar-refractivity contribution in [2.24, 2.45) is 0 Å². The second-order valence-corrected chi connectivity index (χ2v) is 3.97. The fourth-order valence-corrected chi connectivity index (χ4v) is 1.60. The predicted octanol–water partition coefficient (Wildman–Crippen LogP) is 3.43. The Balaban J connectivity index is 2.57. The highest BCUT2D eigenvalue weighted by Gasteiger charge is 2.07. The molecule has 0 saturated heterocycles. The summed E-state index contributed by atoms with van der Waals surface area (Å²) in [7, 11) is 0. The van der Waals surface area contributed by atoms with Crippen LogP contribution in [0.5, 0.6) is 0 Å². The highest BCUT2D eigenvalue weighted by atomic mass is 79.9. The number of benzene rings is 1. The second kappa shape index (κ2) is 3.71. The van der Waals surface area contributed by atoms with Crippen molar-refractivity contribution in [2.45, 2.75) is 0 Å².